The lowest BCUT2D eigenvalue weighted by Crippen LogP contribution is -2.12. The van der Waals surface area contributed by atoms with Crippen LogP contribution in [-0.2, 0) is 0 Å². The molecular weight excluding hydrogens is 282 g/mol. The van der Waals surface area contributed by atoms with E-state index in [4.69, 9.17) is 4.42 Å². The van der Waals surface area contributed by atoms with Gasteiger partial charge in [-0.2, -0.15) is 0 Å². The lowest BCUT2D eigenvalue weighted by atomic mass is 10.1. The predicted octanol–water partition coefficient (Wildman–Crippen LogP) is 2.57. The molecule has 4 heterocycles. The summed E-state index contributed by atoms with van der Waals surface area (Å²) in [5, 5.41) is 2.54. The first-order valence-electron chi connectivity index (χ1n) is 6.62. The Morgan fingerprint density at radius 2 is 2.18 bits per heavy atom. The second-order valence-electron chi connectivity index (χ2n) is 4.70. The van der Waals surface area contributed by atoms with Crippen LogP contribution in [0.4, 0.5) is 6.01 Å². The molecule has 7 nitrogen and oxygen atoms in total. The largest absolute Gasteiger partial charge is 0.432 e. The maximum atomic E-state index is 12.1. The summed E-state index contributed by atoms with van der Waals surface area (Å²) in [4.78, 5) is 23.3. The van der Waals surface area contributed by atoms with Crippen molar-refractivity contribution in [2.75, 3.05) is 5.32 Å². The molecule has 0 fully saturated rings. The molecule has 0 saturated heterocycles. The van der Waals surface area contributed by atoms with Crippen LogP contribution in [-0.4, -0.2) is 25.3 Å². The van der Waals surface area contributed by atoms with Crippen LogP contribution >= 0.6 is 0 Å². The Morgan fingerprint density at radius 3 is 2.95 bits per heavy atom. The van der Waals surface area contributed by atoms with Gasteiger partial charge in [0.1, 0.15) is 17.6 Å². The molecule has 22 heavy (non-hydrogen) atoms. The standard InChI is InChI=1S/C15H11N5O2/c21-14(19-15-17-5-6-22-15)12-9-20-8-11(1-2-13(20)18-12)10-3-4-16-7-10/h1-9,16H,(H,17,19,21). The van der Waals surface area contributed by atoms with Crippen molar-refractivity contribution in [2.24, 2.45) is 0 Å². The van der Waals surface area contributed by atoms with Gasteiger partial charge in [-0.05, 0) is 23.8 Å². The molecule has 4 aromatic heterocycles. The number of oxazole rings is 1. The van der Waals surface area contributed by atoms with Crippen molar-refractivity contribution in [3.05, 3.63) is 61.1 Å². The number of nitrogens with one attached hydrogen (secondary N) is 2. The lowest BCUT2D eigenvalue weighted by Gasteiger charge is -1.98. The van der Waals surface area contributed by atoms with Crippen molar-refractivity contribution in [3.8, 4) is 11.1 Å². The van der Waals surface area contributed by atoms with E-state index in [0.29, 0.717) is 11.3 Å². The van der Waals surface area contributed by atoms with Crippen LogP contribution in [0.5, 0.6) is 0 Å². The number of pyridine rings is 1. The smallest absolute Gasteiger partial charge is 0.301 e. The molecule has 0 aliphatic heterocycles. The summed E-state index contributed by atoms with van der Waals surface area (Å²) < 4.78 is 6.80. The average molecular weight is 293 g/mol. The van der Waals surface area contributed by atoms with Crippen LogP contribution in [0.1, 0.15) is 10.5 Å². The molecule has 0 spiro atoms. The molecule has 0 atom stereocenters. The van der Waals surface area contributed by atoms with E-state index in [0.717, 1.165) is 11.1 Å². The fraction of sp³-hybridized carbons (Fsp3) is 0. The van der Waals surface area contributed by atoms with Gasteiger partial charge in [0.05, 0.1) is 6.20 Å². The maximum absolute atomic E-state index is 12.1. The number of amides is 1. The van der Waals surface area contributed by atoms with Gasteiger partial charge < -0.3 is 13.8 Å². The molecule has 2 N–H and O–H groups in total. The van der Waals surface area contributed by atoms with Crippen LogP contribution in [0.2, 0.25) is 0 Å². The zero-order valence-corrected chi connectivity index (χ0v) is 11.4. The van der Waals surface area contributed by atoms with Crippen LogP contribution in [0.15, 0.2) is 59.9 Å². The Kier molecular flexibility index (Phi) is 2.75. The number of rotatable bonds is 3. The molecule has 108 valence electrons. The first-order valence-corrected chi connectivity index (χ1v) is 6.62. The van der Waals surface area contributed by atoms with E-state index in [-0.39, 0.29) is 11.9 Å². The number of aromatic nitrogens is 4. The first-order chi connectivity index (χ1) is 10.8. The van der Waals surface area contributed by atoms with Gasteiger partial charge >= 0.3 is 6.01 Å². The fourth-order valence-electron chi connectivity index (χ4n) is 2.22. The van der Waals surface area contributed by atoms with E-state index < -0.39 is 0 Å². The van der Waals surface area contributed by atoms with E-state index in [1.807, 2.05) is 41.2 Å². The minimum Gasteiger partial charge on any atom is -0.432 e. The van der Waals surface area contributed by atoms with Crippen molar-refractivity contribution in [3.63, 3.8) is 0 Å². The molecular formula is C15H11N5O2. The highest BCUT2D eigenvalue weighted by Crippen LogP contribution is 2.19. The van der Waals surface area contributed by atoms with Crippen molar-refractivity contribution in [2.45, 2.75) is 0 Å². The SMILES string of the molecule is O=C(Nc1ncco1)c1cn2cc(-c3cc[nH]c3)ccc2n1. The lowest BCUT2D eigenvalue weighted by molar-refractivity contribution is 0.102. The Hall–Kier alpha value is -3.35. The Morgan fingerprint density at radius 1 is 1.23 bits per heavy atom. The summed E-state index contributed by atoms with van der Waals surface area (Å²) >= 11 is 0. The molecule has 0 bridgehead atoms. The van der Waals surface area contributed by atoms with Crippen LogP contribution in [0, 0.1) is 0 Å². The van der Waals surface area contributed by atoms with E-state index in [1.54, 1.807) is 6.20 Å². The third-order valence-corrected chi connectivity index (χ3v) is 3.27. The molecule has 0 aromatic carbocycles. The van der Waals surface area contributed by atoms with E-state index in [2.05, 4.69) is 20.3 Å². The number of nitrogens with zero attached hydrogens (tertiary/aromatic N) is 3. The van der Waals surface area contributed by atoms with Gasteiger partial charge in [0.15, 0.2) is 0 Å². The normalized spacial score (nSPS) is 10.9. The quantitative estimate of drug-likeness (QED) is 0.607. The highest BCUT2D eigenvalue weighted by Gasteiger charge is 2.13. The van der Waals surface area contributed by atoms with Gasteiger partial charge in [-0.25, -0.2) is 9.97 Å². The average Bonchev–Trinajstić information content (AvgIpc) is 3.27. The summed E-state index contributed by atoms with van der Waals surface area (Å²) in [5.41, 5.74) is 3.09. The van der Waals surface area contributed by atoms with Crippen molar-refractivity contribution < 1.29 is 9.21 Å². The minimum absolute atomic E-state index is 0.148. The fourth-order valence-corrected chi connectivity index (χ4v) is 2.22. The maximum Gasteiger partial charge on any atom is 0.301 e. The van der Waals surface area contributed by atoms with Crippen molar-refractivity contribution in [1.82, 2.24) is 19.4 Å². The van der Waals surface area contributed by atoms with Crippen LogP contribution < -0.4 is 5.32 Å². The number of anilines is 1. The topological polar surface area (TPSA) is 88.2 Å². The van der Waals surface area contributed by atoms with E-state index in [9.17, 15) is 4.79 Å². The van der Waals surface area contributed by atoms with Gasteiger partial charge in [0.2, 0.25) is 0 Å². The Balaban J connectivity index is 1.67. The molecule has 0 saturated carbocycles. The second-order valence-corrected chi connectivity index (χ2v) is 4.70. The van der Waals surface area contributed by atoms with Crippen molar-refractivity contribution >= 4 is 17.6 Å². The number of aromatic amines is 1. The van der Waals surface area contributed by atoms with Gasteiger partial charge in [-0.1, -0.05) is 0 Å². The number of carbonyl (C=O) groups excluding carboxylic acids is 1. The van der Waals surface area contributed by atoms with Gasteiger partial charge in [-0.15, -0.1) is 0 Å². The number of hydrogen-bond donors (Lipinski definition) is 2. The summed E-state index contributed by atoms with van der Waals surface area (Å²) in [5.74, 6) is -0.366. The highest BCUT2D eigenvalue weighted by atomic mass is 16.4. The second kappa shape index (κ2) is 4.88. The Bertz CT molecular complexity index is 922. The summed E-state index contributed by atoms with van der Waals surface area (Å²) in [6.07, 6.45) is 10.2. The molecule has 0 aliphatic rings. The van der Waals surface area contributed by atoms with E-state index in [1.165, 1.54) is 12.5 Å². The molecule has 4 aromatic rings. The van der Waals surface area contributed by atoms with Crippen molar-refractivity contribution in [1.29, 1.82) is 0 Å². The molecule has 0 radical (unpaired) electrons. The summed E-state index contributed by atoms with van der Waals surface area (Å²) in [6, 6.07) is 5.95. The third-order valence-electron chi connectivity index (χ3n) is 3.27. The first kappa shape index (κ1) is 12.4. The monoisotopic (exact) mass is 293 g/mol. The number of hydrogen-bond acceptors (Lipinski definition) is 4. The minimum atomic E-state index is -0.366. The van der Waals surface area contributed by atoms with Crippen LogP contribution in [0.25, 0.3) is 16.8 Å². The predicted molar refractivity (Wildman–Crippen MR) is 79.4 cm³/mol. The number of H-pyrrole nitrogens is 1. The molecule has 1 amide bonds. The summed E-state index contributed by atoms with van der Waals surface area (Å²) in [7, 11) is 0. The zero-order valence-electron chi connectivity index (χ0n) is 11.4. The summed E-state index contributed by atoms with van der Waals surface area (Å²) in [6.45, 7) is 0. The van der Waals surface area contributed by atoms with Gasteiger partial charge in [-0.3, -0.25) is 10.1 Å². The van der Waals surface area contributed by atoms with Gasteiger partial charge in [0.25, 0.3) is 5.91 Å². The molecule has 0 aliphatic carbocycles. The third kappa shape index (κ3) is 2.14. The molecule has 7 heteroatoms. The molecule has 0 unspecified atom stereocenters. The number of fused-ring (bicyclic) bond motifs is 1. The van der Waals surface area contributed by atoms with E-state index >= 15 is 0 Å². The number of carbonyl (C=O) groups is 1. The highest BCUT2D eigenvalue weighted by molar-refractivity contribution is 6.02. The van der Waals surface area contributed by atoms with Crippen LogP contribution in [0.3, 0.4) is 0 Å². The molecule has 4 rings (SSSR count). The van der Waals surface area contributed by atoms with Gasteiger partial charge in [0, 0.05) is 30.4 Å². The number of imidazole rings is 1. The Labute approximate surface area is 124 Å². The zero-order chi connectivity index (χ0) is 14.9.